The Morgan fingerprint density at radius 3 is 2.10 bits per heavy atom. The number of carbonyl (C=O) groups is 1. The summed E-state index contributed by atoms with van der Waals surface area (Å²) in [5.41, 5.74) is 2.20. The minimum atomic E-state index is -0.889. The van der Waals surface area contributed by atoms with E-state index in [1.54, 1.807) is 5.92 Å². The molecule has 1 aliphatic heterocycles. The first-order chi connectivity index (χ1) is 19.4. The number of unbranched alkanes of at least 4 members (excludes halogenated alkanes) is 5. The highest BCUT2D eigenvalue weighted by molar-refractivity contribution is 5.78. The highest BCUT2D eigenvalue weighted by Crippen LogP contribution is 2.41. The second kappa shape index (κ2) is 15.0. The van der Waals surface area contributed by atoms with E-state index in [-0.39, 0.29) is 0 Å². The van der Waals surface area contributed by atoms with Crippen molar-refractivity contribution < 1.29 is 23.7 Å². The normalized spacial score (nSPS) is 21.4. The highest BCUT2D eigenvalue weighted by Gasteiger charge is 2.47. The van der Waals surface area contributed by atoms with Gasteiger partial charge in [-0.3, -0.25) is 0 Å². The van der Waals surface area contributed by atoms with Crippen molar-refractivity contribution in [3.63, 3.8) is 0 Å². The van der Waals surface area contributed by atoms with Gasteiger partial charge in [-0.15, -0.1) is 0 Å². The lowest BCUT2D eigenvalue weighted by molar-refractivity contribution is -0.164. The predicted molar refractivity (Wildman–Crippen MR) is 160 cm³/mol. The van der Waals surface area contributed by atoms with Crippen LogP contribution in [0.25, 0.3) is 0 Å². The molecule has 5 nitrogen and oxygen atoms in total. The number of rotatable bonds is 14. The van der Waals surface area contributed by atoms with Crippen LogP contribution in [-0.2, 0) is 14.3 Å². The molecule has 1 saturated carbocycles. The fourth-order valence-corrected chi connectivity index (χ4v) is 5.87. The third-order valence-electron chi connectivity index (χ3n) is 8.20. The average molecular weight is 550 g/mol. The summed E-state index contributed by atoms with van der Waals surface area (Å²) in [6.45, 7) is 8.83. The zero-order valence-electron chi connectivity index (χ0n) is 25.1. The van der Waals surface area contributed by atoms with Crippen molar-refractivity contribution in [2.45, 2.75) is 129 Å². The van der Waals surface area contributed by atoms with E-state index >= 15 is 0 Å². The minimum Gasteiger partial charge on any atom is -0.494 e. The van der Waals surface area contributed by atoms with E-state index in [4.69, 9.17) is 18.9 Å². The van der Waals surface area contributed by atoms with Crippen LogP contribution in [0.5, 0.6) is 11.5 Å². The standard InChI is InChI=1S/C35H49O5/c1-5-7-9-11-25-37-30-21-19-29(20-22-30)32-33(40-35(3,4)39-32)34(36)38-31-23-17-28(18-24-31)27-15-13-26(14-16-27)12-10-8-6-2/h17-24,27,32-33H,5-16,25H2,1-4H3. The summed E-state index contributed by atoms with van der Waals surface area (Å²) < 4.78 is 23.8. The van der Waals surface area contributed by atoms with Gasteiger partial charge in [0, 0.05) is 0 Å². The van der Waals surface area contributed by atoms with Crippen LogP contribution < -0.4 is 9.47 Å². The molecule has 5 heteroatoms. The second-order valence-electron chi connectivity index (χ2n) is 11.9. The zero-order valence-corrected chi connectivity index (χ0v) is 25.1. The van der Waals surface area contributed by atoms with Crippen LogP contribution in [0.4, 0.5) is 0 Å². The van der Waals surface area contributed by atoms with Crippen molar-refractivity contribution in [2.24, 2.45) is 0 Å². The van der Waals surface area contributed by atoms with Crippen LogP contribution in [0.2, 0.25) is 0 Å². The molecule has 0 spiro atoms. The van der Waals surface area contributed by atoms with Crippen molar-refractivity contribution in [2.75, 3.05) is 6.61 Å². The molecule has 1 saturated heterocycles. The molecule has 40 heavy (non-hydrogen) atoms. The monoisotopic (exact) mass is 549 g/mol. The second-order valence-corrected chi connectivity index (χ2v) is 11.9. The van der Waals surface area contributed by atoms with Crippen LogP contribution in [0.3, 0.4) is 0 Å². The summed E-state index contributed by atoms with van der Waals surface area (Å²) in [5.74, 6) is 2.36. The van der Waals surface area contributed by atoms with E-state index in [0.717, 1.165) is 17.7 Å². The van der Waals surface area contributed by atoms with Crippen LogP contribution in [0.1, 0.15) is 128 Å². The molecule has 0 aromatic heterocycles. The first kappa shape index (κ1) is 30.6. The summed E-state index contributed by atoms with van der Waals surface area (Å²) in [6, 6.07) is 15.8. The predicted octanol–water partition coefficient (Wildman–Crippen LogP) is 9.26. The van der Waals surface area contributed by atoms with Gasteiger partial charge < -0.3 is 18.9 Å². The van der Waals surface area contributed by atoms with E-state index in [1.165, 1.54) is 76.2 Å². The van der Waals surface area contributed by atoms with Gasteiger partial charge in [0.15, 0.2) is 11.9 Å². The van der Waals surface area contributed by atoms with Gasteiger partial charge >= 0.3 is 5.97 Å². The molecular weight excluding hydrogens is 500 g/mol. The lowest BCUT2D eigenvalue weighted by Crippen LogP contribution is -2.31. The number of carbonyl (C=O) groups excluding carboxylic acids is 1. The van der Waals surface area contributed by atoms with E-state index in [1.807, 2.05) is 50.2 Å². The summed E-state index contributed by atoms with van der Waals surface area (Å²) in [6.07, 6.45) is 13.5. The van der Waals surface area contributed by atoms with E-state index in [0.29, 0.717) is 18.3 Å². The lowest BCUT2D eigenvalue weighted by Gasteiger charge is -2.28. The maximum atomic E-state index is 13.3. The fourth-order valence-electron chi connectivity index (χ4n) is 5.87. The first-order valence-corrected chi connectivity index (χ1v) is 15.6. The van der Waals surface area contributed by atoms with Gasteiger partial charge in [0.05, 0.1) is 6.61 Å². The van der Waals surface area contributed by atoms with Gasteiger partial charge in [-0.05, 0) is 99.6 Å². The molecule has 2 aliphatic rings. The van der Waals surface area contributed by atoms with Gasteiger partial charge in [0.1, 0.15) is 17.6 Å². The third kappa shape index (κ3) is 8.81. The molecular formula is C35H49O5. The van der Waals surface area contributed by atoms with Gasteiger partial charge in [-0.25, -0.2) is 4.79 Å². The minimum absolute atomic E-state index is 0.441. The largest absolute Gasteiger partial charge is 0.494 e. The highest BCUT2D eigenvalue weighted by atomic mass is 16.8. The Bertz CT molecular complexity index is 1020. The van der Waals surface area contributed by atoms with Gasteiger partial charge in [-0.2, -0.15) is 0 Å². The molecule has 0 amide bonds. The molecule has 0 bridgehead atoms. The quantitative estimate of drug-likeness (QED) is 0.134. The smallest absolute Gasteiger partial charge is 0.343 e. The first-order valence-electron chi connectivity index (χ1n) is 15.6. The van der Waals surface area contributed by atoms with Crippen molar-refractivity contribution in [3.05, 3.63) is 65.6 Å². The number of esters is 1. The Hall–Kier alpha value is -2.37. The van der Waals surface area contributed by atoms with Gasteiger partial charge in [0.25, 0.3) is 0 Å². The van der Waals surface area contributed by atoms with Crippen LogP contribution in [0, 0.1) is 5.92 Å². The number of hydrogen-bond acceptors (Lipinski definition) is 5. The molecule has 219 valence electrons. The van der Waals surface area contributed by atoms with E-state index in [2.05, 4.69) is 26.0 Å². The van der Waals surface area contributed by atoms with Crippen molar-refractivity contribution in [1.29, 1.82) is 0 Å². The summed E-state index contributed by atoms with van der Waals surface area (Å²) in [4.78, 5) is 13.3. The molecule has 2 atom stereocenters. The Labute approximate surface area is 241 Å². The van der Waals surface area contributed by atoms with Gasteiger partial charge in [0.2, 0.25) is 0 Å². The molecule has 0 N–H and O–H groups in total. The Kier molecular flexibility index (Phi) is 11.5. The van der Waals surface area contributed by atoms with Crippen molar-refractivity contribution in [3.8, 4) is 11.5 Å². The van der Waals surface area contributed by atoms with E-state index < -0.39 is 24.0 Å². The Morgan fingerprint density at radius 1 is 0.800 bits per heavy atom. The summed E-state index contributed by atoms with van der Waals surface area (Å²) in [7, 11) is 0. The van der Waals surface area contributed by atoms with Crippen LogP contribution in [-0.4, -0.2) is 24.5 Å². The SMILES string of the molecule is CCCCCCOc1ccc(C2OC(C)(C)OC2C(=O)Oc2ccc(C3CC[C](CCCCC)CC3)cc2)cc1. The summed E-state index contributed by atoms with van der Waals surface area (Å²) >= 11 is 0. The summed E-state index contributed by atoms with van der Waals surface area (Å²) in [5, 5.41) is 0. The number of benzene rings is 2. The third-order valence-corrected chi connectivity index (χ3v) is 8.20. The Morgan fingerprint density at radius 2 is 1.43 bits per heavy atom. The van der Waals surface area contributed by atoms with E-state index in [9.17, 15) is 4.79 Å². The maximum absolute atomic E-state index is 13.3. The fraction of sp³-hybridized carbons (Fsp3) is 0.600. The average Bonchev–Trinajstić information content (AvgIpc) is 3.30. The number of hydrogen-bond donors (Lipinski definition) is 0. The van der Waals surface area contributed by atoms with Crippen LogP contribution >= 0.6 is 0 Å². The molecule has 1 radical (unpaired) electrons. The molecule has 2 fully saturated rings. The maximum Gasteiger partial charge on any atom is 0.343 e. The molecule has 2 aromatic carbocycles. The molecule has 1 aliphatic carbocycles. The Balaban J connectivity index is 1.30. The molecule has 2 aromatic rings. The van der Waals surface area contributed by atoms with Crippen molar-refractivity contribution in [1.82, 2.24) is 0 Å². The van der Waals surface area contributed by atoms with Crippen LogP contribution in [0.15, 0.2) is 48.5 Å². The lowest BCUT2D eigenvalue weighted by atomic mass is 9.77. The molecule has 1 heterocycles. The topological polar surface area (TPSA) is 54.0 Å². The zero-order chi connectivity index (χ0) is 28.4. The molecule has 2 unspecified atom stereocenters. The number of ether oxygens (including phenoxy) is 4. The van der Waals surface area contributed by atoms with Crippen molar-refractivity contribution >= 4 is 5.97 Å². The molecule has 4 rings (SSSR count). The van der Waals surface area contributed by atoms with Gasteiger partial charge in [-0.1, -0.05) is 76.6 Å².